The van der Waals surface area contributed by atoms with Crippen molar-refractivity contribution < 1.29 is 14.2 Å². The molecule has 3 aliphatic heterocycles. The fraction of sp³-hybridized carbons (Fsp3) is 0.810. The Morgan fingerprint density at radius 3 is 2.07 bits per heavy atom. The van der Waals surface area contributed by atoms with Gasteiger partial charge in [0.2, 0.25) is 5.95 Å². The average molecular weight is 391 g/mol. The number of aromatic nitrogens is 2. The van der Waals surface area contributed by atoms with Crippen LogP contribution in [0.5, 0.6) is 0 Å². The second-order valence-corrected chi connectivity index (χ2v) is 8.17. The third-order valence-electron chi connectivity index (χ3n) is 6.18. The van der Waals surface area contributed by atoms with Crippen molar-refractivity contribution in [2.24, 2.45) is 11.8 Å². The molecule has 0 spiro atoms. The summed E-state index contributed by atoms with van der Waals surface area (Å²) in [5.74, 6) is 3.21. The van der Waals surface area contributed by atoms with Crippen molar-refractivity contribution in [2.45, 2.75) is 51.6 Å². The van der Waals surface area contributed by atoms with Crippen molar-refractivity contribution >= 4 is 11.8 Å². The molecule has 0 aromatic carbocycles. The van der Waals surface area contributed by atoms with Crippen LogP contribution in [0.4, 0.5) is 11.8 Å². The van der Waals surface area contributed by atoms with E-state index in [4.69, 9.17) is 24.2 Å². The van der Waals surface area contributed by atoms with Crippen LogP contribution >= 0.6 is 0 Å². The van der Waals surface area contributed by atoms with Crippen LogP contribution in [0.25, 0.3) is 0 Å². The number of nitrogens with one attached hydrogen (secondary N) is 2. The number of hydrogen-bond acceptors (Lipinski definition) is 7. The van der Waals surface area contributed by atoms with Gasteiger partial charge in [-0.2, -0.15) is 4.98 Å². The summed E-state index contributed by atoms with van der Waals surface area (Å²) in [6.07, 6.45) is 7.86. The second-order valence-electron chi connectivity index (χ2n) is 8.17. The maximum absolute atomic E-state index is 5.66. The third-order valence-corrected chi connectivity index (χ3v) is 6.18. The molecule has 4 heterocycles. The Kier molecular flexibility index (Phi) is 7.35. The molecule has 7 heteroatoms. The molecule has 156 valence electrons. The fourth-order valence-corrected chi connectivity index (χ4v) is 4.31. The average Bonchev–Trinajstić information content (AvgIpc) is 2.75. The highest BCUT2D eigenvalue weighted by Gasteiger charge is 2.20. The standard InChI is InChI=1S/C21H34N4O3/c1(16-3-10-26-11-4-16)8-22-20-18-15-28-14-7-19(18)24-21(25-20)23-9-2-17-5-12-27-13-6-17/h16-17H,1-15H2,(H2,22,23,24,25). The van der Waals surface area contributed by atoms with Crippen molar-refractivity contribution in [1.82, 2.24) is 9.97 Å². The number of rotatable bonds is 8. The van der Waals surface area contributed by atoms with Crippen LogP contribution in [0.1, 0.15) is 49.8 Å². The van der Waals surface area contributed by atoms with Crippen molar-refractivity contribution in [2.75, 3.05) is 56.8 Å². The molecule has 1 aromatic rings. The molecule has 2 fully saturated rings. The summed E-state index contributed by atoms with van der Waals surface area (Å²) in [7, 11) is 0. The topological polar surface area (TPSA) is 77.5 Å². The molecule has 0 atom stereocenters. The lowest BCUT2D eigenvalue weighted by Gasteiger charge is -2.24. The van der Waals surface area contributed by atoms with E-state index in [1.165, 1.54) is 25.7 Å². The molecule has 0 radical (unpaired) electrons. The van der Waals surface area contributed by atoms with Crippen molar-refractivity contribution in [3.63, 3.8) is 0 Å². The Morgan fingerprint density at radius 2 is 1.39 bits per heavy atom. The molecule has 2 N–H and O–H groups in total. The minimum Gasteiger partial charge on any atom is -0.381 e. The molecule has 1 aromatic heterocycles. The summed E-state index contributed by atoms with van der Waals surface area (Å²) in [6.45, 7) is 6.83. The lowest BCUT2D eigenvalue weighted by Crippen LogP contribution is -2.22. The highest BCUT2D eigenvalue weighted by Crippen LogP contribution is 2.25. The van der Waals surface area contributed by atoms with E-state index in [1.54, 1.807) is 0 Å². The van der Waals surface area contributed by atoms with Crippen LogP contribution < -0.4 is 10.6 Å². The summed E-state index contributed by atoms with van der Waals surface area (Å²) >= 11 is 0. The fourth-order valence-electron chi connectivity index (χ4n) is 4.31. The molecule has 0 aliphatic carbocycles. The number of fused-ring (bicyclic) bond motifs is 1. The third kappa shape index (κ3) is 5.55. The first kappa shape index (κ1) is 19.9. The summed E-state index contributed by atoms with van der Waals surface area (Å²) in [5.41, 5.74) is 2.26. The zero-order valence-corrected chi connectivity index (χ0v) is 16.9. The molecule has 0 amide bonds. The maximum Gasteiger partial charge on any atom is 0.224 e. The van der Waals surface area contributed by atoms with Gasteiger partial charge in [0.25, 0.3) is 0 Å². The van der Waals surface area contributed by atoms with Gasteiger partial charge in [0.15, 0.2) is 0 Å². The van der Waals surface area contributed by atoms with Gasteiger partial charge in [-0.15, -0.1) is 0 Å². The highest BCUT2D eigenvalue weighted by molar-refractivity contribution is 5.51. The molecule has 4 rings (SSSR count). The summed E-state index contributed by atoms with van der Waals surface area (Å²) in [4.78, 5) is 9.56. The number of ether oxygens (including phenoxy) is 3. The number of hydrogen-bond donors (Lipinski definition) is 2. The van der Waals surface area contributed by atoms with Gasteiger partial charge in [0.1, 0.15) is 5.82 Å². The van der Waals surface area contributed by atoms with Gasteiger partial charge < -0.3 is 24.8 Å². The quantitative estimate of drug-likeness (QED) is 0.706. The van der Waals surface area contributed by atoms with E-state index in [9.17, 15) is 0 Å². The minimum atomic E-state index is 0.608. The van der Waals surface area contributed by atoms with E-state index in [0.717, 1.165) is 100 Å². The number of anilines is 2. The van der Waals surface area contributed by atoms with Gasteiger partial charge in [-0.1, -0.05) is 0 Å². The van der Waals surface area contributed by atoms with Gasteiger partial charge >= 0.3 is 0 Å². The molecule has 7 nitrogen and oxygen atoms in total. The highest BCUT2D eigenvalue weighted by atomic mass is 16.5. The van der Waals surface area contributed by atoms with Crippen molar-refractivity contribution in [3.8, 4) is 0 Å². The summed E-state index contributed by atoms with van der Waals surface area (Å²) in [6, 6.07) is 0. The normalized spacial score (nSPS) is 21.3. The van der Waals surface area contributed by atoms with E-state index in [2.05, 4.69) is 10.6 Å². The SMILES string of the molecule is C(CC1CCOCC1)Nc1nc2c(c(NCCC3CCOCC3)n1)COCC2. The van der Waals surface area contributed by atoms with Crippen LogP contribution in [0.2, 0.25) is 0 Å². The first-order chi connectivity index (χ1) is 13.9. The molecule has 2 saturated heterocycles. The van der Waals surface area contributed by atoms with Crippen LogP contribution in [0, 0.1) is 11.8 Å². The molecule has 0 bridgehead atoms. The van der Waals surface area contributed by atoms with E-state index in [0.29, 0.717) is 6.61 Å². The van der Waals surface area contributed by atoms with Crippen LogP contribution in [-0.4, -0.2) is 56.1 Å². The summed E-state index contributed by atoms with van der Waals surface area (Å²) < 4.78 is 16.6. The lowest BCUT2D eigenvalue weighted by molar-refractivity contribution is 0.0648. The van der Waals surface area contributed by atoms with Gasteiger partial charge in [-0.25, -0.2) is 4.98 Å². The predicted molar refractivity (Wildman–Crippen MR) is 109 cm³/mol. The van der Waals surface area contributed by atoms with E-state index in [1.807, 2.05) is 0 Å². The van der Waals surface area contributed by atoms with Gasteiger partial charge in [-0.05, 0) is 50.4 Å². The van der Waals surface area contributed by atoms with E-state index >= 15 is 0 Å². The first-order valence-electron chi connectivity index (χ1n) is 11.0. The number of nitrogens with zero attached hydrogens (tertiary/aromatic N) is 2. The Labute approximate surface area is 167 Å². The first-order valence-corrected chi connectivity index (χ1v) is 11.0. The lowest BCUT2D eigenvalue weighted by atomic mass is 9.96. The summed E-state index contributed by atoms with van der Waals surface area (Å²) in [5, 5.41) is 7.03. The Balaban J connectivity index is 1.33. The van der Waals surface area contributed by atoms with Crippen LogP contribution in [0.3, 0.4) is 0 Å². The van der Waals surface area contributed by atoms with E-state index in [-0.39, 0.29) is 0 Å². The monoisotopic (exact) mass is 390 g/mol. The largest absolute Gasteiger partial charge is 0.381 e. The zero-order valence-electron chi connectivity index (χ0n) is 16.9. The molecular formula is C21H34N4O3. The minimum absolute atomic E-state index is 0.608. The van der Waals surface area contributed by atoms with Crippen molar-refractivity contribution in [1.29, 1.82) is 0 Å². The molecule has 3 aliphatic rings. The van der Waals surface area contributed by atoms with Crippen LogP contribution in [-0.2, 0) is 27.2 Å². The van der Waals surface area contributed by atoms with Crippen molar-refractivity contribution in [3.05, 3.63) is 11.3 Å². The van der Waals surface area contributed by atoms with Gasteiger partial charge in [0.05, 0.1) is 18.9 Å². The van der Waals surface area contributed by atoms with Crippen LogP contribution in [0.15, 0.2) is 0 Å². The van der Waals surface area contributed by atoms with E-state index < -0.39 is 0 Å². The molecule has 28 heavy (non-hydrogen) atoms. The molecule has 0 saturated carbocycles. The Bertz CT molecular complexity index is 616. The molecule has 0 unspecified atom stereocenters. The maximum atomic E-state index is 5.66. The van der Waals surface area contributed by atoms with Gasteiger partial charge in [-0.3, -0.25) is 0 Å². The Morgan fingerprint density at radius 1 is 0.750 bits per heavy atom. The molecular weight excluding hydrogens is 356 g/mol. The Hall–Kier alpha value is -1.44. The smallest absolute Gasteiger partial charge is 0.224 e. The second kappa shape index (κ2) is 10.4. The zero-order chi connectivity index (χ0) is 19.0. The predicted octanol–water partition coefficient (Wildman–Crippen LogP) is 3.01. The van der Waals surface area contributed by atoms with Gasteiger partial charge in [0, 0.05) is 51.5 Å².